The zero-order chi connectivity index (χ0) is 18.5. The fourth-order valence-electron chi connectivity index (χ4n) is 2.86. The molecule has 0 aliphatic carbocycles. The number of ether oxygens (including phenoxy) is 1. The average Bonchev–Trinajstić information content (AvgIpc) is 3.17. The average molecular weight is 352 g/mol. The molecule has 26 heavy (non-hydrogen) atoms. The fraction of sp³-hybridized carbons (Fsp3) is 0.300. The Balaban J connectivity index is 1.57. The molecule has 1 aliphatic rings. The van der Waals surface area contributed by atoms with Crippen LogP contribution in [0.3, 0.4) is 0 Å². The number of carbonyl (C=O) groups is 1. The third-order valence-corrected chi connectivity index (χ3v) is 4.54. The normalized spacial score (nSPS) is 20.0. The van der Waals surface area contributed by atoms with Gasteiger partial charge in [0.05, 0.1) is 12.8 Å². The molecule has 0 aromatic heterocycles. The van der Waals surface area contributed by atoms with Gasteiger partial charge in [-0.2, -0.15) is 5.10 Å². The minimum absolute atomic E-state index is 0.0684. The van der Waals surface area contributed by atoms with E-state index in [0.29, 0.717) is 6.42 Å². The van der Waals surface area contributed by atoms with E-state index in [2.05, 4.69) is 21.4 Å². The number of aryl methyl sites for hydroxylation is 1. The molecule has 1 amide bonds. The molecule has 1 heterocycles. The molecule has 1 fully saturated rings. The number of nitrogens with zero attached hydrogens (tertiary/aromatic N) is 1. The molecule has 3 rings (SSSR count). The number of hydrazine groups is 1. The number of hydrogen-bond donors (Lipinski definition) is 3. The molecule has 1 aliphatic heterocycles. The molecule has 2 unspecified atom stereocenters. The molecule has 0 bridgehead atoms. The Morgan fingerprint density at radius 3 is 2.46 bits per heavy atom. The van der Waals surface area contributed by atoms with Gasteiger partial charge in [-0.15, -0.1) is 0 Å². The molecule has 1 saturated heterocycles. The van der Waals surface area contributed by atoms with Crippen LogP contribution in [0.5, 0.6) is 5.75 Å². The summed E-state index contributed by atoms with van der Waals surface area (Å²) in [6, 6.07) is 15.6. The van der Waals surface area contributed by atoms with Crippen molar-refractivity contribution in [3.8, 4) is 5.75 Å². The summed E-state index contributed by atoms with van der Waals surface area (Å²) < 4.78 is 5.17. The van der Waals surface area contributed by atoms with Crippen molar-refractivity contribution in [1.82, 2.24) is 16.3 Å². The smallest absolute Gasteiger partial charge is 0.258 e. The predicted octanol–water partition coefficient (Wildman–Crippen LogP) is 2.45. The first-order chi connectivity index (χ1) is 12.6. The molecule has 2 aromatic carbocycles. The Morgan fingerprint density at radius 1 is 1.12 bits per heavy atom. The number of carbonyl (C=O) groups excluding carboxylic acids is 1. The summed E-state index contributed by atoms with van der Waals surface area (Å²) in [5, 5.41) is 4.22. The van der Waals surface area contributed by atoms with Gasteiger partial charge >= 0.3 is 0 Å². The highest BCUT2D eigenvalue weighted by atomic mass is 16.5. The van der Waals surface area contributed by atoms with Crippen LogP contribution in [0.1, 0.15) is 36.1 Å². The molecule has 3 N–H and O–H groups in total. The lowest BCUT2D eigenvalue weighted by Gasteiger charge is -2.10. The molecule has 0 spiro atoms. The summed E-state index contributed by atoms with van der Waals surface area (Å²) in [6.45, 7) is 3.92. The van der Waals surface area contributed by atoms with Crippen LogP contribution in [0.25, 0.3) is 0 Å². The maximum absolute atomic E-state index is 12.4. The van der Waals surface area contributed by atoms with Crippen molar-refractivity contribution in [2.75, 3.05) is 7.11 Å². The maximum atomic E-state index is 12.4. The minimum atomic E-state index is -0.336. The zero-order valence-electron chi connectivity index (χ0n) is 15.2. The highest BCUT2D eigenvalue weighted by Gasteiger charge is 2.30. The zero-order valence-corrected chi connectivity index (χ0v) is 15.2. The summed E-state index contributed by atoms with van der Waals surface area (Å²) >= 11 is 0. The van der Waals surface area contributed by atoms with Crippen LogP contribution in [-0.2, 0) is 4.79 Å². The summed E-state index contributed by atoms with van der Waals surface area (Å²) in [4.78, 5) is 12.4. The van der Waals surface area contributed by atoms with Crippen LogP contribution in [0.4, 0.5) is 0 Å². The van der Waals surface area contributed by atoms with Crippen molar-refractivity contribution < 1.29 is 9.53 Å². The number of hydrazone groups is 1. The second-order valence-electron chi connectivity index (χ2n) is 6.44. The maximum Gasteiger partial charge on any atom is 0.258 e. The van der Waals surface area contributed by atoms with Gasteiger partial charge in [-0.3, -0.25) is 4.79 Å². The van der Waals surface area contributed by atoms with E-state index >= 15 is 0 Å². The first kappa shape index (κ1) is 18.1. The number of rotatable bonds is 5. The lowest BCUT2D eigenvalue weighted by molar-refractivity contribution is -0.122. The van der Waals surface area contributed by atoms with Crippen molar-refractivity contribution in [2.24, 2.45) is 5.10 Å². The van der Waals surface area contributed by atoms with E-state index < -0.39 is 0 Å². The third kappa shape index (κ3) is 4.28. The van der Waals surface area contributed by atoms with Gasteiger partial charge in [0, 0.05) is 6.04 Å². The second-order valence-corrected chi connectivity index (χ2v) is 6.44. The molecule has 0 radical (unpaired) electrons. The van der Waals surface area contributed by atoms with Gasteiger partial charge in [-0.25, -0.2) is 16.3 Å². The Kier molecular flexibility index (Phi) is 5.65. The molecular formula is C20H24N4O2. The van der Waals surface area contributed by atoms with E-state index in [4.69, 9.17) is 4.74 Å². The predicted molar refractivity (Wildman–Crippen MR) is 102 cm³/mol. The van der Waals surface area contributed by atoms with E-state index in [-0.39, 0.29) is 18.0 Å². The highest BCUT2D eigenvalue weighted by molar-refractivity contribution is 5.99. The number of benzene rings is 2. The van der Waals surface area contributed by atoms with Gasteiger partial charge < -0.3 is 4.74 Å². The first-order valence-electron chi connectivity index (χ1n) is 8.63. The standard InChI is InChI=1S/C20H24N4O2/c1-13-4-6-15(7-5-13)14(2)21-24-20(25)19-12-18(22-23-19)16-8-10-17(26-3)11-9-16/h4-11,18-19,22-23H,12H2,1-3H3,(H,24,25)/b21-14+. The first-order valence-corrected chi connectivity index (χ1v) is 8.63. The quantitative estimate of drug-likeness (QED) is 0.571. The van der Waals surface area contributed by atoms with Crippen LogP contribution in [-0.4, -0.2) is 24.8 Å². The van der Waals surface area contributed by atoms with Crippen molar-refractivity contribution in [3.63, 3.8) is 0 Å². The van der Waals surface area contributed by atoms with E-state index in [0.717, 1.165) is 22.6 Å². The molecule has 2 aromatic rings. The minimum Gasteiger partial charge on any atom is -0.497 e. The van der Waals surface area contributed by atoms with Crippen molar-refractivity contribution in [1.29, 1.82) is 0 Å². The molecule has 6 heteroatoms. The SMILES string of the molecule is COc1ccc(C2CC(C(=O)N/N=C(\C)c3ccc(C)cc3)NN2)cc1. The van der Waals surface area contributed by atoms with Gasteiger partial charge in [-0.1, -0.05) is 42.0 Å². The monoisotopic (exact) mass is 352 g/mol. The Labute approximate surface area is 153 Å². The molecule has 2 atom stereocenters. The van der Waals surface area contributed by atoms with Crippen molar-refractivity contribution in [2.45, 2.75) is 32.4 Å². The molecular weight excluding hydrogens is 328 g/mol. The van der Waals surface area contributed by atoms with E-state index in [1.165, 1.54) is 5.56 Å². The summed E-state index contributed by atoms with van der Waals surface area (Å²) in [5.41, 5.74) is 12.9. The number of amides is 1. The Morgan fingerprint density at radius 2 is 1.81 bits per heavy atom. The molecule has 136 valence electrons. The van der Waals surface area contributed by atoms with Gasteiger partial charge in [0.25, 0.3) is 5.91 Å². The summed E-state index contributed by atoms with van der Waals surface area (Å²) in [6.07, 6.45) is 0.650. The van der Waals surface area contributed by atoms with E-state index in [1.807, 2.05) is 62.4 Å². The number of methoxy groups -OCH3 is 1. The number of hydrogen-bond acceptors (Lipinski definition) is 5. The second kappa shape index (κ2) is 8.12. The van der Waals surface area contributed by atoms with Crippen LogP contribution < -0.4 is 21.0 Å². The van der Waals surface area contributed by atoms with Crippen LogP contribution in [0.2, 0.25) is 0 Å². The molecule has 6 nitrogen and oxygen atoms in total. The summed E-state index contributed by atoms with van der Waals surface area (Å²) in [5.74, 6) is 0.662. The van der Waals surface area contributed by atoms with Gasteiger partial charge in [-0.05, 0) is 43.5 Å². The summed E-state index contributed by atoms with van der Waals surface area (Å²) in [7, 11) is 1.64. The van der Waals surface area contributed by atoms with Crippen LogP contribution in [0.15, 0.2) is 53.6 Å². The Hall–Kier alpha value is -2.70. The van der Waals surface area contributed by atoms with Crippen LogP contribution >= 0.6 is 0 Å². The van der Waals surface area contributed by atoms with Crippen molar-refractivity contribution >= 4 is 11.6 Å². The largest absolute Gasteiger partial charge is 0.497 e. The van der Waals surface area contributed by atoms with E-state index in [1.54, 1.807) is 7.11 Å². The lowest BCUT2D eigenvalue weighted by atomic mass is 10.0. The van der Waals surface area contributed by atoms with E-state index in [9.17, 15) is 4.79 Å². The van der Waals surface area contributed by atoms with Gasteiger partial charge in [0.1, 0.15) is 11.8 Å². The number of nitrogens with one attached hydrogen (secondary N) is 3. The lowest BCUT2D eigenvalue weighted by Crippen LogP contribution is -2.41. The van der Waals surface area contributed by atoms with Gasteiger partial charge in [0.2, 0.25) is 0 Å². The fourth-order valence-corrected chi connectivity index (χ4v) is 2.86. The third-order valence-electron chi connectivity index (χ3n) is 4.54. The Bertz CT molecular complexity index is 784. The van der Waals surface area contributed by atoms with Gasteiger partial charge in [0.15, 0.2) is 0 Å². The molecule has 0 saturated carbocycles. The highest BCUT2D eigenvalue weighted by Crippen LogP contribution is 2.24. The van der Waals surface area contributed by atoms with Crippen molar-refractivity contribution in [3.05, 3.63) is 65.2 Å². The topological polar surface area (TPSA) is 74.8 Å². The van der Waals surface area contributed by atoms with Crippen LogP contribution in [0, 0.1) is 6.92 Å².